The van der Waals surface area contributed by atoms with Crippen molar-refractivity contribution < 1.29 is 9.53 Å². The van der Waals surface area contributed by atoms with Crippen molar-refractivity contribution in [3.63, 3.8) is 0 Å². The number of para-hydroxylation sites is 2. The highest BCUT2D eigenvalue weighted by atomic mass is 16.5. The number of methoxy groups -OCH3 is 1. The minimum atomic E-state index is 0.258. The zero-order valence-electron chi connectivity index (χ0n) is 18.8. The second-order valence-corrected chi connectivity index (χ2v) is 9.02. The molecule has 1 aliphatic carbocycles. The van der Waals surface area contributed by atoms with E-state index in [1.54, 1.807) is 7.11 Å². The fraction of sp³-hybridized carbons (Fsp3) is 0.600. The molecule has 30 heavy (non-hydrogen) atoms. The number of amides is 1. The van der Waals surface area contributed by atoms with Gasteiger partial charge in [-0.05, 0) is 49.1 Å². The van der Waals surface area contributed by atoms with Gasteiger partial charge in [-0.25, -0.2) is 0 Å². The van der Waals surface area contributed by atoms with Gasteiger partial charge >= 0.3 is 0 Å². The summed E-state index contributed by atoms with van der Waals surface area (Å²) >= 11 is 0. The number of hydrogen-bond donors (Lipinski definition) is 0. The monoisotopic (exact) mass is 409 g/mol. The molecule has 0 aromatic heterocycles. The number of ether oxygens (including phenoxy) is 1. The van der Waals surface area contributed by atoms with Crippen molar-refractivity contribution in [3.05, 3.63) is 35.9 Å². The Hall–Kier alpha value is -2.48. The van der Waals surface area contributed by atoms with Gasteiger partial charge in [0.1, 0.15) is 5.75 Å². The third-order valence-corrected chi connectivity index (χ3v) is 6.89. The summed E-state index contributed by atoms with van der Waals surface area (Å²) < 4.78 is 5.49. The van der Waals surface area contributed by atoms with Crippen LogP contribution in [0.3, 0.4) is 0 Å². The Morgan fingerprint density at radius 3 is 2.57 bits per heavy atom. The molecule has 5 heteroatoms. The maximum atomic E-state index is 13.1. The molecule has 0 spiro atoms. The molecule has 1 aliphatic heterocycles. The van der Waals surface area contributed by atoms with Crippen LogP contribution in [0.1, 0.15) is 40.0 Å². The van der Waals surface area contributed by atoms with Crippen molar-refractivity contribution >= 4 is 11.6 Å². The Bertz CT molecular complexity index is 803. The van der Waals surface area contributed by atoms with E-state index in [2.05, 4.69) is 43.9 Å². The average Bonchev–Trinajstić information content (AvgIpc) is 2.75. The van der Waals surface area contributed by atoms with E-state index < -0.39 is 0 Å². The van der Waals surface area contributed by atoms with E-state index in [9.17, 15) is 10.1 Å². The second kappa shape index (κ2) is 10.0. The number of hydrogen-bond acceptors (Lipinski definition) is 4. The van der Waals surface area contributed by atoms with E-state index >= 15 is 0 Å². The molecule has 1 fully saturated rings. The summed E-state index contributed by atoms with van der Waals surface area (Å²) in [4.78, 5) is 17.4. The fourth-order valence-electron chi connectivity index (χ4n) is 5.04. The molecular formula is C25H35N3O2. The zero-order chi connectivity index (χ0) is 21.7. The van der Waals surface area contributed by atoms with Gasteiger partial charge in [0.15, 0.2) is 0 Å². The fourth-order valence-corrected chi connectivity index (χ4v) is 5.04. The van der Waals surface area contributed by atoms with Gasteiger partial charge < -0.3 is 14.5 Å². The van der Waals surface area contributed by atoms with E-state index in [1.807, 2.05) is 23.1 Å². The van der Waals surface area contributed by atoms with Gasteiger partial charge in [-0.15, -0.1) is 0 Å². The highest BCUT2D eigenvalue weighted by Crippen LogP contribution is 2.40. The molecule has 3 atom stereocenters. The Kier molecular flexibility index (Phi) is 7.42. The van der Waals surface area contributed by atoms with Gasteiger partial charge in [-0.1, -0.05) is 37.6 Å². The first-order valence-corrected chi connectivity index (χ1v) is 11.2. The first kappa shape index (κ1) is 22.2. The van der Waals surface area contributed by atoms with Gasteiger partial charge in [-0.2, -0.15) is 5.26 Å². The smallest absolute Gasteiger partial charge is 0.223 e. The number of anilines is 1. The van der Waals surface area contributed by atoms with Crippen LogP contribution in [-0.4, -0.2) is 44.1 Å². The van der Waals surface area contributed by atoms with Crippen molar-refractivity contribution in [1.82, 2.24) is 4.90 Å². The Morgan fingerprint density at radius 1 is 1.23 bits per heavy atom. The van der Waals surface area contributed by atoms with Gasteiger partial charge in [0.2, 0.25) is 5.91 Å². The number of benzene rings is 1. The Labute approximate surface area is 181 Å². The number of allylic oxidation sites excluding steroid dienone is 2. The van der Waals surface area contributed by atoms with E-state index in [4.69, 9.17) is 4.74 Å². The highest BCUT2D eigenvalue weighted by Gasteiger charge is 2.33. The summed E-state index contributed by atoms with van der Waals surface area (Å²) in [6, 6.07) is 10.4. The molecule has 3 rings (SSSR count). The number of piperazine rings is 1. The van der Waals surface area contributed by atoms with Crippen LogP contribution in [0.2, 0.25) is 0 Å². The van der Waals surface area contributed by atoms with E-state index in [0.717, 1.165) is 44.0 Å². The van der Waals surface area contributed by atoms with Crippen LogP contribution in [0.4, 0.5) is 5.69 Å². The maximum absolute atomic E-state index is 13.1. The Balaban J connectivity index is 1.59. The molecule has 0 N–H and O–H groups in total. The summed E-state index contributed by atoms with van der Waals surface area (Å²) in [5.74, 6) is 2.77. The maximum Gasteiger partial charge on any atom is 0.223 e. The number of nitriles is 1. The van der Waals surface area contributed by atoms with Gasteiger partial charge in [0.05, 0.1) is 18.9 Å². The van der Waals surface area contributed by atoms with Crippen LogP contribution < -0.4 is 9.64 Å². The molecule has 1 saturated heterocycles. The normalized spacial score (nSPS) is 24.4. The van der Waals surface area contributed by atoms with Gasteiger partial charge in [0, 0.05) is 39.0 Å². The zero-order valence-corrected chi connectivity index (χ0v) is 18.8. The summed E-state index contributed by atoms with van der Waals surface area (Å²) in [5, 5.41) is 9.17. The van der Waals surface area contributed by atoms with Crippen molar-refractivity contribution in [2.75, 3.05) is 38.2 Å². The van der Waals surface area contributed by atoms with E-state index in [-0.39, 0.29) is 5.91 Å². The average molecular weight is 410 g/mol. The van der Waals surface area contributed by atoms with Crippen LogP contribution in [0.5, 0.6) is 5.75 Å². The minimum absolute atomic E-state index is 0.258. The number of nitrogens with zero attached hydrogens (tertiary/aromatic N) is 3. The predicted molar refractivity (Wildman–Crippen MR) is 120 cm³/mol. The third-order valence-electron chi connectivity index (χ3n) is 6.89. The molecule has 162 valence electrons. The van der Waals surface area contributed by atoms with Gasteiger partial charge in [-0.3, -0.25) is 4.79 Å². The molecule has 3 unspecified atom stereocenters. The summed E-state index contributed by atoms with van der Waals surface area (Å²) in [6.07, 6.45) is 4.44. The molecule has 0 saturated carbocycles. The molecule has 0 bridgehead atoms. The topological polar surface area (TPSA) is 56.6 Å². The molecule has 1 aromatic rings. The Morgan fingerprint density at radius 2 is 1.93 bits per heavy atom. The van der Waals surface area contributed by atoms with Crippen molar-refractivity contribution in [2.24, 2.45) is 23.7 Å². The third kappa shape index (κ3) is 4.98. The number of rotatable bonds is 6. The predicted octanol–water partition coefficient (Wildman–Crippen LogP) is 4.50. The molecule has 5 nitrogen and oxygen atoms in total. The van der Waals surface area contributed by atoms with Crippen LogP contribution in [0.25, 0.3) is 0 Å². The van der Waals surface area contributed by atoms with E-state index in [0.29, 0.717) is 36.5 Å². The lowest BCUT2D eigenvalue weighted by Crippen LogP contribution is -2.49. The molecule has 1 heterocycles. The van der Waals surface area contributed by atoms with Crippen LogP contribution >= 0.6 is 0 Å². The van der Waals surface area contributed by atoms with Crippen LogP contribution in [-0.2, 0) is 4.79 Å². The molecule has 0 radical (unpaired) electrons. The lowest BCUT2D eigenvalue weighted by molar-refractivity contribution is -0.132. The standard InChI is InChI=1S/C25H35N3O2/c1-18(2)22-16-21(19(3)15-20(22)9-10-26)17-25(29)28-13-11-27(12-14-28)23-7-5-6-8-24(23)30-4/h5-8,15,18,20-22H,9,11-14,16-17H2,1-4H3. The SMILES string of the molecule is COc1ccccc1N1CCN(C(=O)CC2CC(C(C)C)C(CC#N)C=C2C)CC1. The first-order valence-electron chi connectivity index (χ1n) is 11.2. The minimum Gasteiger partial charge on any atom is -0.495 e. The molecule has 1 amide bonds. The van der Waals surface area contributed by atoms with Crippen LogP contribution in [0.15, 0.2) is 35.9 Å². The summed E-state index contributed by atoms with van der Waals surface area (Å²) in [5.41, 5.74) is 2.38. The van der Waals surface area contributed by atoms with E-state index in [1.165, 1.54) is 5.57 Å². The number of carbonyl (C=O) groups excluding carboxylic acids is 1. The van der Waals surface area contributed by atoms with Gasteiger partial charge in [0.25, 0.3) is 0 Å². The summed E-state index contributed by atoms with van der Waals surface area (Å²) in [6.45, 7) is 9.75. The first-order chi connectivity index (χ1) is 14.4. The lowest BCUT2D eigenvalue weighted by Gasteiger charge is -2.39. The van der Waals surface area contributed by atoms with Crippen molar-refractivity contribution in [2.45, 2.75) is 40.0 Å². The van der Waals surface area contributed by atoms with Crippen LogP contribution in [0, 0.1) is 35.0 Å². The lowest BCUT2D eigenvalue weighted by atomic mass is 9.69. The second-order valence-electron chi connectivity index (χ2n) is 9.02. The number of carbonyl (C=O) groups is 1. The highest BCUT2D eigenvalue weighted by molar-refractivity contribution is 5.77. The largest absolute Gasteiger partial charge is 0.495 e. The molecular weight excluding hydrogens is 374 g/mol. The molecule has 2 aliphatic rings. The van der Waals surface area contributed by atoms with Crippen molar-refractivity contribution in [1.29, 1.82) is 5.26 Å². The van der Waals surface area contributed by atoms with Crippen molar-refractivity contribution in [3.8, 4) is 11.8 Å². The molecule has 1 aromatic carbocycles. The summed E-state index contributed by atoms with van der Waals surface area (Å²) in [7, 11) is 1.70. The quantitative estimate of drug-likeness (QED) is 0.649.